The molecule has 0 bridgehead atoms. The van der Waals surface area contributed by atoms with Gasteiger partial charge in [0.05, 0.1) is 12.1 Å². The molecule has 0 N–H and O–H groups in total. The van der Waals surface area contributed by atoms with Gasteiger partial charge < -0.3 is 9.47 Å². The number of epoxide rings is 1. The van der Waals surface area contributed by atoms with E-state index in [1.807, 2.05) is 48.5 Å². The molecule has 4 rings (SSSR count). The number of fused-ring (bicyclic) bond motifs is 1. The minimum absolute atomic E-state index is 0.179. The molecule has 1 saturated heterocycles. The Bertz CT molecular complexity index is 749. The SMILES string of the molecule is c1ccc(C2CO2)c(OCn2nnc3ccccc32)c1. The number of para-hydroxylation sites is 2. The van der Waals surface area contributed by atoms with Crippen LogP contribution in [-0.2, 0) is 11.5 Å². The quantitative estimate of drug-likeness (QED) is 0.682. The molecule has 2 aromatic carbocycles. The van der Waals surface area contributed by atoms with Gasteiger partial charge in [-0.25, -0.2) is 4.68 Å². The second-order valence-corrected chi connectivity index (χ2v) is 4.71. The topological polar surface area (TPSA) is 52.5 Å². The van der Waals surface area contributed by atoms with Crippen molar-refractivity contribution in [2.75, 3.05) is 6.61 Å². The van der Waals surface area contributed by atoms with Crippen LogP contribution in [0, 0.1) is 0 Å². The van der Waals surface area contributed by atoms with E-state index in [1.54, 1.807) is 4.68 Å². The lowest BCUT2D eigenvalue weighted by molar-refractivity contribution is 0.219. The summed E-state index contributed by atoms with van der Waals surface area (Å²) in [7, 11) is 0. The van der Waals surface area contributed by atoms with Crippen molar-refractivity contribution in [3.8, 4) is 5.75 Å². The molecule has 0 aliphatic carbocycles. The van der Waals surface area contributed by atoms with Gasteiger partial charge in [-0.1, -0.05) is 35.5 Å². The summed E-state index contributed by atoms with van der Waals surface area (Å²) in [5, 5.41) is 8.22. The highest BCUT2D eigenvalue weighted by molar-refractivity contribution is 5.73. The normalized spacial score (nSPS) is 17.3. The fourth-order valence-electron chi connectivity index (χ4n) is 2.25. The van der Waals surface area contributed by atoms with Crippen molar-refractivity contribution in [2.24, 2.45) is 0 Å². The molecule has 2 heterocycles. The molecule has 5 nitrogen and oxygen atoms in total. The van der Waals surface area contributed by atoms with Gasteiger partial charge in [0.1, 0.15) is 17.4 Å². The number of ether oxygens (including phenoxy) is 2. The molecule has 1 atom stereocenters. The highest BCUT2D eigenvalue weighted by Gasteiger charge is 2.27. The van der Waals surface area contributed by atoms with Gasteiger partial charge in [-0.2, -0.15) is 0 Å². The first-order valence-electron chi connectivity index (χ1n) is 6.53. The van der Waals surface area contributed by atoms with Crippen LogP contribution in [0.25, 0.3) is 11.0 Å². The Hall–Kier alpha value is -2.40. The van der Waals surface area contributed by atoms with Crippen LogP contribution in [0.2, 0.25) is 0 Å². The summed E-state index contributed by atoms with van der Waals surface area (Å²) in [5.74, 6) is 0.842. The maximum atomic E-state index is 5.87. The highest BCUT2D eigenvalue weighted by Crippen LogP contribution is 2.36. The number of aromatic nitrogens is 3. The number of benzene rings is 2. The van der Waals surface area contributed by atoms with E-state index in [0.717, 1.165) is 29.0 Å². The first-order chi connectivity index (χ1) is 9.92. The molecule has 1 aliphatic heterocycles. The van der Waals surface area contributed by atoms with Crippen LogP contribution in [0.4, 0.5) is 0 Å². The molecule has 5 heteroatoms. The minimum Gasteiger partial charge on any atom is -0.471 e. The van der Waals surface area contributed by atoms with Crippen LogP contribution in [0.5, 0.6) is 5.75 Å². The summed E-state index contributed by atoms with van der Waals surface area (Å²) in [4.78, 5) is 0. The second kappa shape index (κ2) is 4.61. The van der Waals surface area contributed by atoms with Crippen LogP contribution < -0.4 is 4.74 Å². The lowest BCUT2D eigenvalue weighted by atomic mass is 10.1. The lowest BCUT2D eigenvalue weighted by Gasteiger charge is -2.10. The lowest BCUT2D eigenvalue weighted by Crippen LogP contribution is -2.08. The van der Waals surface area contributed by atoms with E-state index in [-0.39, 0.29) is 6.10 Å². The van der Waals surface area contributed by atoms with Gasteiger partial charge in [-0.05, 0) is 18.2 Å². The molecular formula is C15H13N3O2. The maximum absolute atomic E-state index is 5.87. The van der Waals surface area contributed by atoms with Crippen LogP contribution in [-0.4, -0.2) is 21.6 Å². The van der Waals surface area contributed by atoms with E-state index < -0.39 is 0 Å². The average Bonchev–Trinajstić information content (AvgIpc) is 3.26. The van der Waals surface area contributed by atoms with Crippen LogP contribution in [0.1, 0.15) is 11.7 Å². The molecule has 0 amide bonds. The van der Waals surface area contributed by atoms with Gasteiger partial charge in [0, 0.05) is 5.56 Å². The Morgan fingerprint density at radius 2 is 1.95 bits per heavy atom. The predicted molar refractivity (Wildman–Crippen MR) is 73.3 cm³/mol. The Morgan fingerprint density at radius 3 is 2.85 bits per heavy atom. The number of hydrogen-bond donors (Lipinski definition) is 0. The number of nitrogens with zero attached hydrogens (tertiary/aromatic N) is 3. The highest BCUT2D eigenvalue weighted by atomic mass is 16.6. The van der Waals surface area contributed by atoms with Crippen LogP contribution in [0.3, 0.4) is 0 Å². The van der Waals surface area contributed by atoms with E-state index in [9.17, 15) is 0 Å². The number of hydrogen-bond acceptors (Lipinski definition) is 4. The summed E-state index contributed by atoms with van der Waals surface area (Å²) in [6.07, 6.45) is 0.179. The summed E-state index contributed by atoms with van der Waals surface area (Å²) in [5.41, 5.74) is 2.93. The van der Waals surface area contributed by atoms with Gasteiger partial charge in [0.2, 0.25) is 0 Å². The van der Waals surface area contributed by atoms with Crippen molar-refractivity contribution in [3.63, 3.8) is 0 Å². The summed E-state index contributed by atoms with van der Waals surface area (Å²) in [6.45, 7) is 1.11. The Labute approximate surface area is 115 Å². The molecule has 0 saturated carbocycles. The van der Waals surface area contributed by atoms with Crippen LogP contribution in [0.15, 0.2) is 48.5 Å². The average molecular weight is 267 g/mol. The third-order valence-corrected chi connectivity index (χ3v) is 3.36. The van der Waals surface area contributed by atoms with E-state index in [4.69, 9.17) is 9.47 Å². The van der Waals surface area contributed by atoms with Crippen molar-refractivity contribution < 1.29 is 9.47 Å². The van der Waals surface area contributed by atoms with E-state index in [0.29, 0.717) is 6.73 Å². The largest absolute Gasteiger partial charge is 0.471 e. The molecule has 1 aromatic heterocycles. The van der Waals surface area contributed by atoms with E-state index in [2.05, 4.69) is 10.3 Å². The smallest absolute Gasteiger partial charge is 0.183 e. The molecular weight excluding hydrogens is 254 g/mol. The molecule has 20 heavy (non-hydrogen) atoms. The summed E-state index contributed by atoms with van der Waals surface area (Å²) >= 11 is 0. The predicted octanol–water partition coefficient (Wildman–Crippen LogP) is 2.54. The zero-order valence-corrected chi connectivity index (χ0v) is 10.8. The van der Waals surface area contributed by atoms with Gasteiger partial charge in [0.25, 0.3) is 0 Å². The number of rotatable bonds is 4. The van der Waals surface area contributed by atoms with Crippen molar-refractivity contribution in [1.82, 2.24) is 15.0 Å². The first-order valence-corrected chi connectivity index (χ1v) is 6.53. The van der Waals surface area contributed by atoms with Gasteiger partial charge in [-0.15, -0.1) is 5.10 Å². The molecule has 0 spiro atoms. The van der Waals surface area contributed by atoms with Gasteiger partial charge >= 0.3 is 0 Å². The molecule has 1 unspecified atom stereocenters. The third-order valence-electron chi connectivity index (χ3n) is 3.36. The van der Waals surface area contributed by atoms with Gasteiger partial charge in [0.15, 0.2) is 6.73 Å². The Balaban J connectivity index is 1.58. The zero-order chi connectivity index (χ0) is 13.4. The molecule has 100 valence electrons. The summed E-state index contributed by atoms with van der Waals surface area (Å²) in [6, 6.07) is 15.8. The Morgan fingerprint density at radius 1 is 1.15 bits per heavy atom. The summed E-state index contributed by atoms with van der Waals surface area (Å²) < 4.78 is 12.9. The van der Waals surface area contributed by atoms with Crippen molar-refractivity contribution in [2.45, 2.75) is 12.8 Å². The third kappa shape index (κ3) is 2.02. The van der Waals surface area contributed by atoms with Crippen molar-refractivity contribution in [3.05, 3.63) is 54.1 Å². The van der Waals surface area contributed by atoms with Crippen molar-refractivity contribution in [1.29, 1.82) is 0 Å². The molecule has 1 fully saturated rings. The van der Waals surface area contributed by atoms with Crippen LogP contribution >= 0.6 is 0 Å². The minimum atomic E-state index is 0.179. The fourth-order valence-corrected chi connectivity index (χ4v) is 2.25. The maximum Gasteiger partial charge on any atom is 0.183 e. The monoisotopic (exact) mass is 267 g/mol. The standard InChI is InChI=1S/C15H13N3O2/c1-4-8-14(11(5-1)15-9-19-15)20-10-18-13-7-3-2-6-12(13)16-17-18/h1-8,15H,9-10H2. The van der Waals surface area contributed by atoms with E-state index >= 15 is 0 Å². The molecule has 1 aliphatic rings. The first kappa shape index (κ1) is 11.4. The second-order valence-electron chi connectivity index (χ2n) is 4.71. The van der Waals surface area contributed by atoms with Crippen molar-refractivity contribution >= 4 is 11.0 Å². The fraction of sp³-hybridized carbons (Fsp3) is 0.200. The molecule has 0 radical (unpaired) electrons. The molecule has 3 aromatic rings. The van der Waals surface area contributed by atoms with E-state index in [1.165, 1.54) is 0 Å². The van der Waals surface area contributed by atoms with Gasteiger partial charge in [-0.3, -0.25) is 0 Å². The zero-order valence-electron chi connectivity index (χ0n) is 10.8. The Kier molecular flexibility index (Phi) is 2.63.